The number of aromatic amines is 2. The summed E-state index contributed by atoms with van der Waals surface area (Å²) in [5.74, 6) is 5.58. The first-order chi connectivity index (χ1) is 36.2. The van der Waals surface area contributed by atoms with Crippen LogP contribution in [0.25, 0.3) is 55.6 Å². The topological polar surface area (TPSA) is 221 Å². The third-order valence-electron chi connectivity index (χ3n) is 15.0. The van der Waals surface area contributed by atoms with Gasteiger partial charge in [-0.25, -0.2) is 19.9 Å². The fourth-order valence-corrected chi connectivity index (χ4v) is 11.0. The van der Waals surface area contributed by atoms with E-state index < -0.39 is 0 Å². The van der Waals surface area contributed by atoms with Crippen molar-refractivity contribution >= 4 is 56.3 Å². The van der Waals surface area contributed by atoms with Crippen LogP contribution < -0.4 is 31.6 Å². The second kappa shape index (κ2) is 20.8. The normalized spacial score (nSPS) is 17.8. The molecule has 0 saturated heterocycles. The summed E-state index contributed by atoms with van der Waals surface area (Å²) in [5, 5.41) is 8.49. The summed E-state index contributed by atoms with van der Waals surface area (Å²) in [6.07, 6.45) is 15.5. The van der Waals surface area contributed by atoms with Crippen molar-refractivity contribution in [3.8, 4) is 34.3 Å². The molecule has 0 aliphatic heterocycles. The molecule has 0 bridgehead atoms. The maximum atomic E-state index is 12.8. The highest BCUT2D eigenvalue weighted by atomic mass is 16.5. The number of nitrogen functional groups attached to an aromatic ring is 2. The van der Waals surface area contributed by atoms with Gasteiger partial charge in [0.1, 0.15) is 57.2 Å². The SMILES string of the molecule is COc1cc(OC)cc(C(=O)NCC2CCC(c3nc(-c4cc5ccccc5[nH]4)c4c(N)nccn34)CC2)c1.Nc1nccn2c(C3CCC(CNC(=O)c4ccccc4)CC3)nc(-c3cc4ccccc4[nH]3)c12. The lowest BCUT2D eigenvalue weighted by molar-refractivity contribution is 0.0934. The number of methoxy groups -OCH3 is 2. The number of nitrogens with one attached hydrogen (secondary N) is 4. The summed E-state index contributed by atoms with van der Waals surface area (Å²) >= 11 is 0. The number of H-pyrrole nitrogens is 2. The van der Waals surface area contributed by atoms with Crippen LogP contribution in [0.15, 0.2) is 134 Å². The Hall–Kier alpha value is -8.66. The van der Waals surface area contributed by atoms with Crippen LogP contribution in [-0.2, 0) is 0 Å². The van der Waals surface area contributed by atoms with Crippen LogP contribution in [0.1, 0.15) is 95.6 Å². The van der Waals surface area contributed by atoms with Crippen molar-refractivity contribution in [2.24, 2.45) is 11.8 Å². The van der Waals surface area contributed by atoms with Crippen molar-refractivity contribution in [1.29, 1.82) is 0 Å². The summed E-state index contributed by atoms with van der Waals surface area (Å²) in [6, 6.07) is 35.3. The standard InChI is InChI=1S/C30H32N6O3.C28H28N6O/c1-38-22-13-21(14-23(16-22)39-2)30(37)33-17-18-7-9-19(10-8-18)29-35-26(27-28(31)32-11-12-36(27)29)25-15-20-5-3-4-6-24(20)34-25;29-26-25-24(23-16-21-8-4-5-9-22(21)32-23)33-27(34(25)15-14-30-26)19-12-10-18(11-13-19)17-31-28(35)20-6-2-1-3-7-20/h3-6,11-16,18-19,34H,7-10,17H2,1-2H3,(H2,31,32)(H,33,37);1-9,14-16,18-19,32H,10-13,17H2,(H2,29,30)(H,31,35). The zero-order chi connectivity index (χ0) is 50.7. The Balaban J connectivity index is 0.000000160. The third kappa shape index (κ3) is 9.70. The lowest BCUT2D eigenvalue weighted by atomic mass is 9.81. The first-order valence-electron chi connectivity index (χ1n) is 25.5. The Bertz CT molecular complexity index is 3530. The number of hydrogen-bond acceptors (Lipinski definition) is 10. The second-order valence-electron chi connectivity index (χ2n) is 19.6. The minimum Gasteiger partial charge on any atom is -0.497 e. The summed E-state index contributed by atoms with van der Waals surface area (Å²) < 4.78 is 14.8. The number of imidazole rings is 2. The highest BCUT2D eigenvalue weighted by molar-refractivity contribution is 5.96. The molecule has 376 valence electrons. The van der Waals surface area contributed by atoms with Crippen LogP contribution in [-0.4, -0.2) is 77.8 Å². The number of aromatic nitrogens is 8. The number of carbonyl (C=O) groups excluding carboxylic acids is 2. The van der Waals surface area contributed by atoms with Gasteiger partial charge in [0, 0.05) is 88.7 Å². The van der Waals surface area contributed by atoms with Crippen molar-refractivity contribution < 1.29 is 19.1 Å². The zero-order valence-corrected chi connectivity index (χ0v) is 41.6. The van der Waals surface area contributed by atoms with Crippen LogP contribution in [0.2, 0.25) is 0 Å². The van der Waals surface area contributed by atoms with Crippen molar-refractivity contribution in [3.05, 3.63) is 157 Å². The molecule has 2 saturated carbocycles. The van der Waals surface area contributed by atoms with Crippen molar-refractivity contribution in [2.45, 2.75) is 63.2 Å². The van der Waals surface area contributed by atoms with Gasteiger partial charge >= 0.3 is 0 Å². The molecular formula is C58H60N12O4. The number of carbonyl (C=O) groups is 2. The van der Waals surface area contributed by atoms with E-state index in [2.05, 4.69) is 75.8 Å². The number of anilines is 2. The fraction of sp³-hybridized carbons (Fsp3) is 0.276. The van der Waals surface area contributed by atoms with Gasteiger partial charge in [0.25, 0.3) is 11.8 Å². The van der Waals surface area contributed by atoms with Crippen molar-refractivity contribution in [1.82, 2.24) is 49.3 Å². The van der Waals surface area contributed by atoms with Gasteiger partial charge in [-0.1, -0.05) is 54.6 Å². The lowest BCUT2D eigenvalue weighted by Gasteiger charge is -2.28. The van der Waals surface area contributed by atoms with Crippen LogP contribution >= 0.6 is 0 Å². The molecule has 6 heterocycles. The quantitative estimate of drug-likeness (QED) is 0.0680. The van der Waals surface area contributed by atoms with Crippen LogP contribution in [0, 0.1) is 11.8 Å². The molecule has 2 aliphatic carbocycles. The molecule has 2 aliphatic rings. The van der Waals surface area contributed by atoms with Gasteiger partial charge in [-0.3, -0.25) is 18.4 Å². The average molecular weight is 989 g/mol. The van der Waals surface area contributed by atoms with Gasteiger partial charge in [0.15, 0.2) is 0 Å². The molecule has 10 aromatic rings. The monoisotopic (exact) mass is 988 g/mol. The number of hydrogen-bond donors (Lipinski definition) is 6. The maximum absolute atomic E-state index is 12.8. The Labute approximate surface area is 428 Å². The van der Waals surface area contributed by atoms with E-state index in [1.54, 1.807) is 44.8 Å². The fourth-order valence-electron chi connectivity index (χ4n) is 11.0. The number of nitrogens with zero attached hydrogens (tertiary/aromatic N) is 6. The molecule has 6 aromatic heterocycles. The predicted octanol–water partition coefficient (Wildman–Crippen LogP) is 10.3. The molecule has 74 heavy (non-hydrogen) atoms. The van der Waals surface area contributed by atoms with E-state index >= 15 is 0 Å². The molecule has 0 spiro atoms. The number of nitrogens with two attached hydrogens (primary N) is 2. The minimum atomic E-state index is -0.125. The molecule has 0 unspecified atom stereocenters. The molecule has 2 fully saturated rings. The number of fused-ring (bicyclic) bond motifs is 4. The van der Waals surface area contributed by atoms with Crippen LogP contribution in [0.3, 0.4) is 0 Å². The van der Waals surface area contributed by atoms with Gasteiger partial charge < -0.3 is 41.5 Å². The van der Waals surface area contributed by atoms with E-state index in [1.165, 1.54) is 0 Å². The highest BCUT2D eigenvalue weighted by Gasteiger charge is 2.30. The number of rotatable bonds is 12. The summed E-state index contributed by atoms with van der Waals surface area (Å²) in [5.41, 5.74) is 21.3. The van der Waals surface area contributed by atoms with Crippen LogP contribution in [0.5, 0.6) is 11.5 Å². The molecular weight excluding hydrogens is 929 g/mol. The number of benzene rings is 4. The minimum absolute atomic E-state index is 0.00192. The van der Waals surface area contributed by atoms with E-state index in [4.69, 9.17) is 30.9 Å². The summed E-state index contributed by atoms with van der Waals surface area (Å²) in [7, 11) is 3.15. The van der Waals surface area contributed by atoms with Gasteiger partial charge in [-0.15, -0.1) is 0 Å². The largest absolute Gasteiger partial charge is 0.497 e. The molecule has 2 amide bonds. The lowest BCUT2D eigenvalue weighted by Crippen LogP contribution is -2.31. The van der Waals surface area contributed by atoms with Gasteiger partial charge in [0.05, 0.1) is 25.6 Å². The number of ether oxygens (including phenoxy) is 2. The molecule has 4 aromatic carbocycles. The molecule has 8 N–H and O–H groups in total. The van der Waals surface area contributed by atoms with Gasteiger partial charge in [-0.05, 0) is 112 Å². The first kappa shape index (κ1) is 47.7. The third-order valence-corrected chi connectivity index (χ3v) is 15.0. The smallest absolute Gasteiger partial charge is 0.251 e. The number of amides is 2. The number of para-hydroxylation sites is 2. The van der Waals surface area contributed by atoms with E-state index in [9.17, 15) is 9.59 Å². The molecule has 12 rings (SSSR count). The average Bonchev–Trinajstić information content (AvgIpc) is 4.26. The van der Waals surface area contributed by atoms with E-state index in [-0.39, 0.29) is 11.8 Å². The predicted molar refractivity (Wildman–Crippen MR) is 289 cm³/mol. The molecule has 16 heteroatoms. The summed E-state index contributed by atoms with van der Waals surface area (Å²) in [4.78, 5) is 51.2. The Morgan fingerprint density at radius 1 is 0.568 bits per heavy atom. The highest BCUT2D eigenvalue weighted by Crippen LogP contribution is 2.41. The zero-order valence-electron chi connectivity index (χ0n) is 41.6. The molecule has 16 nitrogen and oxygen atoms in total. The summed E-state index contributed by atoms with van der Waals surface area (Å²) in [6.45, 7) is 1.34. The van der Waals surface area contributed by atoms with Gasteiger partial charge in [-0.2, -0.15) is 0 Å². The molecule has 0 radical (unpaired) electrons. The van der Waals surface area contributed by atoms with E-state index in [0.717, 1.165) is 119 Å². The molecule has 0 atom stereocenters. The second-order valence-corrected chi connectivity index (χ2v) is 19.6. The van der Waals surface area contributed by atoms with Crippen molar-refractivity contribution in [3.63, 3.8) is 0 Å². The Kier molecular flexibility index (Phi) is 13.4. The first-order valence-corrected chi connectivity index (χ1v) is 25.5. The Morgan fingerprint density at radius 2 is 1.00 bits per heavy atom. The maximum Gasteiger partial charge on any atom is 0.251 e. The van der Waals surface area contributed by atoms with Crippen LogP contribution in [0.4, 0.5) is 11.6 Å². The van der Waals surface area contributed by atoms with E-state index in [0.29, 0.717) is 71.0 Å². The van der Waals surface area contributed by atoms with Gasteiger partial charge in [0.2, 0.25) is 0 Å². The van der Waals surface area contributed by atoms with Crippen molar-refractivity contribution in [2.75, 3.05) is 38.8 Å². The van der Waals surface area contributed by atoms with E-state index in [1.807, 2.05) is 67.0 Å². The Morgan fingerprint density at radius 3 is 1.45 bits per heavy atom.